The third kappa shape index (κ3) is 2.68. The average molecular weight is 244 g/mol. The molecule has 0 aliphatic rings. The third-order valence-corrected chi connectivity index (χ3v) is 2.55. The van der Waals surface area contributed by atoms with Gasteiger partial charge in [-0.3, -0.25) is 9.89 Å². The molecule has 0 saturated heterocycles. The van der Waals surface area contributed by atoms with Gasteiger partial charge in [0.05, 0.1) is 5.69 Å². The molecule has 1 amide bonds. The molecule has 2 N–H and O–H groups in total. The lowest BCUT2D eigenvalue weighted by Gasteiger charge is -2.06. The Morgan fingerprint density at radius 2 is 2.39 bits per heavy atom. The van der Waals surface area contributed by atoms with Crippen LogP contribution in [-0.4, -0.2) is 29.8 Å². The quantitative estimate of drug-likeness (QED) is 0.852. The molecule has 1 heterocycles. The molecule has 1 radical (unpaired) electrons. The molecule has 0 unspecified atom stereocenters. The van der Waals surface area contributed by atoms with Crippen LogP contribution in [0.3, 0.4) is 0 Å². The number of nitrogens with one attached hydrogen (secondary N) is 2. The first kappa shape index (κ1) is 12.2. The summed E-state index contributed by atoms with van der Waals surface area (Å²) in [5, 5.41) is 9.37. The van der Waals surface area contributed by atoms with E-state index in [-0.39, 0.29) is 12.5 Å². The number of hydrogen-bond donors (Lipinski definition) is 2. The smallest absolute Gasteiger partial charge is 0.257 e. The predicted molar refractivity (Wildman–Crippen MR) is 67.2 cm³/mol. The van der Waals surface area contributed by atoms with Crippen molar-refractivity contribution in [2.45, 2.75) is 6.92 Å². The average Bonchev–Trinajstić information content (AvgIpc) is 2.82. The number of amides is 1. The Morgan fingerprint density at radius 1 is 1.56 bits per heavy atom. The highest BCUT2D eigenvalue weighted by Crippen LogP contribution is 2.24. The molecule has 2 rings (SSSR count). The zero-order valence-electron chi connectivity index (χ0n) is 10.3. The Labute approximate surface area is 105 Å². The fourth-order valence-corrected chi connectivity index (χ4v) is 1.56. The number of likely N-dealkylation sites (N-methyl/N-ethyl adjacent to an activating group) is 1. The first-order chi connectivity index (χ1) is 8.70. The highest BCUT2D eigenvalue weighted by molar-refractivity contribution is 5.77. The summed E-state index contributed by atoms with van der Waals surface area (Å²) in [5.41, 5.74) is 2.86. The van der Waals surface area contributed by atoms with E-state index in [1.807, 2.05) is 25.3 Å². The summed E-state index contributed by atoms with van der Waals surface area (Å²) < 4.78 is 5.36. The van der Waals surface area contributed by atoms with E-state index in [2.05, 4.69) is 21.6 Å². The van der Waals surface area contributed by atoms with Gasteiger partial charge in [0.1, 0.15) is 5.75 Å². The Kier molecular flexibility index (Phi) is 3.62. The minimum atomic E-state index is -0.167. The summed E-state index contributed by atoms with van der Waals surface area (Å²) in [6.07, 6.45) is 1.82. The predicted octanol–water partition coefficient (Wildman–Crippen LogP) is 1.31. The SMILES string of the molecule is CNC(=O)COc1c[c]cc(-c2c[nH]nc2C)c1. The maximum atomic E-state index is 11.1. The fourth-order valence-electron chi connectivity index (χ4n) is 1.56. The molecule has 0 saturated carbocycles. The van der Waals surface area contributed by atoms with Crippen molar-refractivity contribution in [1.29, 1.82) is 0 Å². The van der Waals surface area contributed by atoms with Crippen LogP contribution in [0.2, 0.25) is 0 Å². The Bertz CT molecular complexity index is 549. The molecule has 0 spiro atoms. The van der Waals surface area contributed by atoms with Gasteiger partial charge in [-0.1, -0.05) is 0 Å². The number of benzene rings is 1. The van der Waals surface area contributed by atoms with Gasteiger partial charge in [-0.05, 0) is 36.8 Å². The zero-order valence-corrected chi connectivity index (χ0v) is 10.3. The van der Waals surface area contributed by atoms with Crippen LogP contribution in [-0.2, 0) is 4.79 Å². The number of H-pyrrole nitrogens is 1. The Morgan fingerprint density at radius 3 is 3.06 bits per heavy atom. The lowest BCUT2D eigenvalue weighted by molar-refractivity contribution is -0.122. The van der Waals surface area contributed by atoms with Crippen LogP contribution >= 0.6 is 0 Å². The number of carbonyl (C=O) groups excluding carboxylic acids is 1. The van der Waals surface area contributed by atoms with E-state index in [9.17, 15) is 4.79 Å². The monoisotopic (exact) mass is 244 g/mol. The molecule has 18 heavy (non-hydrogen) atoms. The van der Waals surface area contributed by atoms with Crippen molar-refractivity contribution in [3.63, 3.8) is 0 Å². The van der Waals surface area contributed by atoms with Gasteiger partial charge < -0.3 is 10.1 Å². The maximum Gasteiger partial charge on any atom is 0.257 e. The number of aryl methyl sites for hydroxylation is 1. The summed E-state index contributed by atoms with van der Waals surface area (Å²) in [5.74, 6) is 0.441. The minimum Gasteiger partial charge on any atom is -0.484 e. The van der Waals surface area contributed by atoms with Gasteiger partial charge in [0.2, 0.25) is 0 Å². The molecule has 93 valence electrons. The zero-order chi connectivity index (χ0) is 13.0. The van der Waals surface area contributed by atoms with E-state index in [4.69, 9.17) is 4.74 Å². The molecule has 1 aromatic carbocycles. The van der Waals surface area contributed by atoms with Crippen molar-refractivity contribution in [1.82, 2.24) is 15.5 Å². The van der Waals surface area contributed by atoms with Crippen molar-refractivity contribution < 1.29 is 9.53 Å². The molecule has 0 bridgehead atoms. The lowest BCUT2D eigenvalue weighted by atomic mass is 10.1. The molecule has 0 aliphatic carbocycles. The summed E-state index contributed by atoms with van der Waals surface area (Å²) >= 11 is 0. The van der Waals surface area contributed by atoms with E-state index >= 15 is 0 Å². The highest BCUT2D eigenvalue weighted by Gasteiger charge is 2.06. The molecule has 5 nitrogen and oxygen atoms in total. The fraction of sp³-hybridized carbons (Fsp3) is 0.231. The minimum absolute atomic E-state index is 0.00182. The van der Waals surface area contributed by atoms with E-state index in [1.165, 1.54) is 0 Å². The van der Waals surface area contributed by atoms with E-state index in [1.54, 1.807) is 13.1 Å². The van der Waals surface area contributed by atoms with Crippen LogP contribution in [0.25, 0.3) is 11.1 Å². The third-order valence-electron chi connectivity index (χ3n) is 2.55. The van der Waals surface area contributed by atoms with E-state index in [0.29, 0.717) is 5.75 Å². The van der Waals surface area contributed by atoms with Crippen molar-refractivity contribution in [3.8, 4) is 16.9 Å². The van der Waals surface area contributed by atoms with Crippen LogP contribution in [0.15, 0.2) is 24.4 Å². The second-order valence-corrected chi connectivity index (χ2v) is 3.80. The van der Waals surface area contributed by atoms with E-state index < -0.39 is 0 Å². The van der Waals surface area contributed by atoms with E-state index in [0.717, 1.165) is 16.8 Å². The van der Waals surface area contributed by atoms with Gasteiger partial charge in [-0.25, -0.2) is 0 Å². The number of aromatic amines is 1. The van der Waals surface area contributed by atoms with Gasteiger partial charge >= 0.3 is 0 Å². The second kappa shape index (κ2) is 5.35. The van der Waals surface area contributed by atoms with Crippen LogP contribution in [0, 0.1) is 13.0 Å². The standard InChI is InChI=1S/C13H14N3O2/c1-9-12(7-15-16-9)10-4-3-5-11(6-10)18-8-13(17)14-2/h4-7H,8H2,1-2H3,(H,14,17)(H,15,16). The maximum absolute atomic E-state index is 11.1. The second-order valence-electron chi connectivity index (χ2n) is 3.80. The van der Waals surface area contributed by atoms with Crippen LogP contribution < -0.4 is 10.1 Å². The number of nitrogens with zero attached hydrogens (tertiary/aromatic N) is 1. The molecular formula is C13H14N3O2. The van der Waals surface area contributed by atoms with Gasteiger partial charge in [0, 0.05) is 18.8 Å². The van der Waals surface area contributed by atoms with Crippen molar-refractivity contribution in [2.24, 2.45) is 0 Å². The number of aromatic nitrogens is 2. The lowest BCUT2D eigenvalue weighted by Crippen LogP contribution is -2.24. The topological polar surface area (TPSA) is 67.0 Å². The largest absolute Gasteiger partial charge is 0.484 e. The summed E-state index contributed by atoms with van der Waals surface area (Å²) in [6, 6.07) is 8.39. The van der Waals surface area contributed by atoms with Crippen molar-refractivity contribution in [3.05, 3.63) is 36.2 Å². The normalized spacial score (nSPS) is 10.1. The van der Waals surface area contributed by atoms with Crippen LogP contribution in [0.4, 0.5) is 0 Å². The first-order valence-corrected chi connectivity index (χ1v) is 5.56. The number of rotatable bonds is 4. The van der Waals surface area contributed by atoms with Crippen LogP contribution in [0.5, 0.6) is 5.75 Å². The summed E-state index contributed by atoms with van der Waals surface area (Å²) in [4.78, 5) is 11.1. The first-order valence-electron chi connectivity index (χ1n) is 5.56. The highest BCUT2D eigenvalue weighted by atomic mass is 16.5. The molecule has 1 aromatic heterocycles. The van der Waals surface area contributed by atoms with Gasteiger partial charge in [-0.15, -0.1) is 0 Å². The summed E-state index contributed by atoms with van der Waals surface area (Å²) in [7, 11) is 1.57. The van der Waals surface area contributed by atoms with Crippen LogP contribution in [0.1, 0.15) is 5.69 Å². The molecule has 0 atom stereocenters. The summed E-state index contributed by atoms with van der Waals surface area (Å²) in [6.45, 7) is 1.92. The van der Waals surface area contributed by atoms with Gasteiger partial charge in [-0.2, -0.15) is 5.10 Å². The number of carbonyl (C=O) groups is 1. The Balaban J connectivity index is 2.15. The molecular weight excluding hydrogens is 230 g/mol. The molecule has 2 aromatic rings. The molecule has 5 heteroatoms. The van der Waals surface area contributed by atoms with Crippen molar-refractivity contribution >= 4 is 5.91 Å². The molecule has 0 aliphatic heterocycles. The molecule has 0 fully saturated rings. The Hall–Kier alpha value is -2.30. The number of ether oxygens (including phenoxy) is 1. The number of hydrogen-bond acceptors (Lipinski definition) is 3. The van der Waals surface area contributed by atoms with Gasteiger partial charge in [0.15, 0.2) is 6.61 Å². The van der Waals surface area contributed by atoms with Gasteiger partial charge in [0.25, 0.3) is 5.91 Å². The van der Waals surface area contributed by atoms with Crippen molar-refractivity contribution in [2.75, 3.05) is 13.7 Å².